The monoisotopic (exact) mass is 296 g/mol. The van der Waals surface area contributed by atoms with Crippen LogP contribution in [-0.2, 0) is 2.92 Å². The van der Waals surface area contributed by atoms with E-state index in [1.165, 1.54) is 0 Å². The summed E-state index contributed by atoms with van der Waals surface area (Å²) in [6, 6.07) is 0. The van der Waals surface area contributed by atoms with Gasteiger partial charge < -0.3 is 0 Å². The van der Waals surface area contributed by atoms with Crippen molar-refractivity contribution in [2.24, 2.45) is 0 Å². The fourth-order valence-electron chi connectivity index (χ4n) is 0. The molecule has 0 aromatic heterocycles. The number of hydrogen-bond donors (Lipinski definition) is 0. The Bertz CT molecular complexity index is 6.00. The summed E-state index contributed by atoms with van der Waals surface area (Å²) < 4.78 is 3.88. The molecule has 4 heavy (non-hydrogen) atoms. The van der Waals surface area contributed by atoms with Crippen LogP contribution in [-0.4, -0.2) is 23.9 Å². The van der Waals surface area contributed by atoms with Crippen LogP contribution in [0, 0.1) is 0 Å². The molecular formula is H2Br2OSn. The minimum atomic E-state index is 0. The van der Waals surface area contributed by atoms with Crippen molar-refractivity contribution in [1.29, 1.82) is 0 Å². The Labute approximate surface area is 59.0 Å². The molecule has 1 nitrogen and oxygen atoms in total. The van der Waals surface area contributed by atoms with E-state index in [-0.39, 0.29) is 23.9 Å². The summed E-state index contributed by atoms with van der Waals surface area (Å²) in [5, 5.41) is 0. The van der Waals surface area contributed by atoms with Gasteiger partial charge in [0.2, 0.25) is 0 Å². The molecule has 0 spiro atoms. The molecule has 0 aliphatic heterocycles. The van der Waals surface area contributed by atoms with Crippen molar-refractivity contribution in [3.05, 3.63) is 0 Å². The van der Waals surface area contributed by atoms with Gasteiger partial charge in [-0.15, -0.1) is 0 Å². The van der Waals surface area contributed by atoms with E-state index in [2.05, 4.69) is 35.4 Å². The van der Waals surface area contributed by atoms with Crippen LogP contribution >= 0.6 is 32.5 Å². The second-order valence-corrected chi connectivity index (χ2v) is 1.57. The molecule has 26 valence electrons. The van der Waals surface area contributed by atoms with E-state index >= 15 is 0 Å². The fourth-order valence-corrected chi connectivity index (χ4v) is 0. The van der Waals surface area contributed by atoms with E-state index in [0.717, 1.165) is 0 Å². The third-order valence-electron chi connectivity index (χ3n) is 0. The first-order valence-electron chi connectivity index (χ1n) is 0.309. The first-order valence-corrected chi connectivity index (χ1v) is 1.60. The molecule has 0 N–H and O–H groups in total. The summed E-state index contributed by atoms with van der Waals surface area (Å²) in [5.74, 6) is 0. The molecule has 0 fully saturated rings. The first kappa shape index (κ1) is 9.21. The number of hydrogen-bond acceptors (Lipinski definition) is 1. The molecule has 0 heterocycles. The topological polar surface area (TPSA) is 9.23 Å². The molecule has 2 radical (unpaired) electrons. The molecule has 4 heteroatoms. The van der Waals surface area contributed by atoms with E-state index < -0.39 is 0 Å². The predicted molar refractivity (Wildman–Crippen MR) is 27.5 cm³/mol. The second kappa shape index (κ2) is 8.83. The summed E-state index contributed by atoms with van der Waals surface area (Å²) in [6.45, 7) is 0. The summed E-state index contributed by atoms with van der Waals surface area (Å²) in [5.41, 5.74) is 0. The van der Waals surface area contributed by atoms with Gasteiger partial charge in [-0.25, -0.2) is 2.92 Å². The van der Waals surface area contributed by atoms with Gasteiger partial charge in [-0.1, -0.05) is 0 Å². The molecule has 0 saturated carbocycles. The molecule has 0 bridgehead atoms. The molecule has 0 aliphatic carbocycles. The third kappa shape index (κ3) is 9.30. The van der Waals surface area contributed by atoms with Crippen LogP contribution in [0.3, 0.4) is 0 Å². The number of halogens is 2. The molecular weight excluding hydrogens is 295 g/mol. The van der Waals surface area contributed by atoms with Crippen LogP contribution in [0.25, 0.3) is 0 Å². The van der Waals surface area contributed by atoms with E-state index in [0.29, 0.717) is 0 Å². The molecule has 0 aromatic rings. The predicted octanol–water partition coefficient (Wildman–Crippen LogP) is 0.707. The summed E-state index contributed by atoms with van der Waals surface area (Å²) >= 11 is 5.12. The van der Waals surface area contributed by atoms with Crippen molar-refractivity contribution in [2.45, 2.75) is 0 Å². The Morgan fingerprint density at radius 3 is 1.25 bits per heavy atom. The van der Waals surface area contributed by atoms with E-state index in [4.69, 9.17) is 0 Å². The van der Waals surface area contributed by atoms with Gasteiger partial charge in [-0.2, -0.15) is 0 Å². The van der Waals surface area contributed by atoms with E-state index in [9.17, 15) is 0 Å². The van der Waals surface area contributed by atoms with Crippen molar-refractivity contribution in [3.8, 4) is 0 Å². The van der Waals surface area contributed by atoms with Crippen LogP contribution < -0.4 is 0 Å². The Hall–Kier alpha value is 1.72. The first-order chi connectivity index (χ1) is 1.41. The van der Waals surface area contributed by atoms with Gasteiger partial charge in [0.1, 0.15) is 32.5 Å². The average Bonchev–Trinajstić information content (AvgIpc) is 0.918. The van der Waals surface area contributed by atoms with Crippen molar-refractivity contribution >= 4 is 56.4 Å². The summed E-state index contributed by atoms with van der Waals surface area (Å²) in [6.07, 6.45) is 0. The number of rotatable bonds is 0. The van der Waals surface area contributed by atoms with Crippen LogP contribution in [0.5, 0.6) is 0 Å². The van der Waals surface area contributed by atoms with Crippen molar-refractivity contribution in [3.63, 3.8) is 0 Å². The quantitative estimate of drug-likeness (QED) is 0.598. The van der Waals surface area contributed by atoms with Crippen LogP contribution in [0.4, 0.5) is 0 Å². The van der Waals surface area contributed by atoms with Crippen molar-refractivity contribution < 1.29 is 2.92 Å². The molecule has 0 aliphatic rings. The van der Waals surface area contributed by atoms with Crippen molar-refractivity contribution in [1.82, 2.24) is 0 Å². The normalized spacial score (nSPS) is 4.50. The maximum atomic E-state index is 3.88. The standard InChI is InChI=1S/Br2O.Sn.2H/c1-3-2;;;. The van der Waals surface area contributed by atoms with Crippen LogP contribution in [0.2, 0.25) is 0 Å². The fraction of sp³-hybridized carbons (Fsp3) is 0. The zero-order chi connectivity index (χ0) is 2.71. The minimum absolute atomic E-state index is 0. The molecule has 0 atom stereocenters. The zero-order valence-corrected chi connectivity index (χ0v) is 9.08. The Kier molecular flexibility index (Phi) is 20.3. The Morgan fingerprint density at radius 1 is 1.25 bits per heavy atom. The van der Waals surface area contributed by atoms with E-state index in [1.807, 2.05) is 0 Å². The Morgan fingerprint density at radius 2 is 1.25 bits per heavy atom. The molecule has 0 amide bonds. The summed E-state index contributed by atoms with van der Waals surface area (Å²) in [7, 11) is 0. The zero-order valence-electron chi connectivity index (χ0n) is 1.87. The van der Waals surface area contributed by atoms with Crippen LogP contribution in [0.15, 0.2) is 0 Å². The van der Waals surface area contributed by atoms with Gasteiger partial charge in [0, 0.05) is 0 Å². The third-order valence-corrected chi connectivity index (χ3v) is 0. The second-order valence-electron chi connectivity index (χ2n) is 0.0583. The molecule has 0 saturated heterocycles. The van der Waals surface area contributed by atoms with Gasteiger partial charge in [-0.3, -0.25) is 0 Å². The maximum absolute atomic E-state index is 3.88. The van der Waals surface area contributed by atoms with Gasteiger partial charge in [-0.05, 0) is 0 Å². The molecule has 0 unspecified atom stereocenters. The van der Waals surface area contributed by atoms with Crippen molar-refractivity contribution in [2.75, 3.05) is 0 Å². The van der Waals surface area contributed by atoms with Gasteiger partial charge >= 0.3 is 23.9 Å². The Balaban J connectivity index is 0. The molecule has 0 rings (SSSR count). The van der Waals surface area contributed by atoms with E-state index in [1.54, 1.807) is 0 Å². The van der Waals surface area contributed by atoms with Gasteiger partial charge in [0.05, 0.1) is 0 Å². The SMILES string of the molecule is BrOBr.[SnH2]. The molecule has 0 aromatic carbocycles. The van der Waals surface area contributed by atoms with Gasteiger partial charge in [0.25, 0.3) is 0 Å². The van der Waals surface area contributed by atoms with Crippen LogP contribution in [0.1, 0.15) is 0 Å². The van der Waals surface area contributed by atoms with Gasteiger partial charge in [0.15, 0.2) is 0 Å². The average molecular weight is 297 g/mol. The summed E-state index contributed by atoms with van der Waals surface area (Å²) in [4.78, 5) is 0.